The van der Waals surface area contributed by atoms with Crippen molar-refractivity contribution in [2.24, 2.45) is 0 Å². The number of hydrogen-bond donors (Lipinski definition) is 0. The zero-order chi connectivity index (χ0) is 13.1. The Bertz CT molecular complexity index is 306. The first-order chi connectivity index (χ1) is 8.88. The predicted octanol–water partition coefficient (Wildman–Crippen LogP) is 5.38. The van der Waals surface area contributed by atoms with Crippen LogP contribution in [0.4, 0.5) is 0 Å². The van der Waals surface area contributed by atoms with Crippen LogP contribution in [0.15, 0.2) is 24.3 Å². The molecule has 1 aromatic rings. The molecule has 0 aliphatic heterocycles. The summed E-state index contributed by atoms with van der Waals surface area (Å²) in [7, 11) is 0. The molecule has 0 heterocycles. The number of rotatable bonds is 10. The minimum Gasteiger partial charge on any atom is -0.493 e. The van der Waals surface area contributed by atoms with Gasteiger partial charge >= 0.3 is 0 Å². The number of hydrogen-bond acceptors (Lipinski definition) is 1. The molecule has 0 bridgehead atoms. The molecule has 0 aliphatic rings. The Labute approximate surface area is 113 Å². The summed E-state index contributed by atoms with van der Waals surface area (Å²) in [5.74, 6) is 1.07. The van der Waals surface area contributed by atoms with Gasteiger partial charge in [0.15, 0.2) is 0 Å². The topological polar surface area (TPSA) is 9.23 Å². The molecule has 0 amide bonds. The van der Waals surface area contributed by atoms with E-state index in [-0.39, 0.29) is 0 Å². The van der Waals surface area contributed by atoms with Crippen molar-refractivity contribution in [1.29, 1.82) is 0 Å². The number of ether oxygens (including phenoxy) is 1. The van der Waals surface area contributed by atoms with Gasteiger partial charge in [-0.15, -0.1) is 0 Å². The van der Waals surface area contributed by atoms with Crippen LogP contribution in [0.25, 0.3) is 0 Å². The van der Waals surface area contributed by atoms with Gasteiger partial charge in [0.2, 0.25) is 0 Å². The molecular formula is C17H28O. The fraction of sp³-hybridized carbons (Fsp3) is 0.647. The molecule has 102 valence electrons. The lowest BCUT2D eigenvalue weighted by atomic mass is 10.1. The maximum absolute atomic E-state index is 5.86. The third-order valence-corrected chi connectivity index (χ3v) is 3.36. The van der Waals surface area contributed by atoms with Crippen molar-refractivity contribution in [1.82, 2.24) is 0 Å². The van der Waals surface area contributed by atoms with Crippen LogP contribution < -0.4 is 4.74 Å². The fourth-order valence-electron chi connectivity index (χ4n) is 2.18. The van der Waals surface area contributed by atoms with Crippen LogP contribution in [0.3, 0.4) is 0 Å². The van der Waals surface area contributed by atoms with Gasteiger partial charge in [0.05, 0.1) is 6.61 Å². The largest absolute Gasteiger partial charge is 0.493 e. The van der Waals surface area contributed by atoms with Crippen LogP contribution in [0, 0.1) is 0 Å². The summed E-state index contributed by atoms with van der Waals surface area (Å²) < 4.78 is 5.86. The van der Waals surface area contributed by atoms with Gasteiger partial charge in [-0.1, -0.05) is 70.6 Å². The molecule has 0 unspecified atom stereocenters. The minimum atomic E-state index is 0.866. The summed E-state index contributed by atoms with van der Waals surface area (Å²) in [5.41, 5.74) is 1.32. The van der Waals surface area contributed by atoms with Crippen LogP contribution in [-0.4, -0.2) is 6.61 Å². The summed E-state index contributed by atoms with van der Waals surface area (Å²) in [5, 5.41) is 0. The van der Waals surface area contributed by atoms with Gasteiger partial charge in [-0.3, -0.25) is 0 Å². The van der Waals surface area contributed by atoms with Crippen molar-refractivity contribution in [2.45, 2.75) is 65.2 Å². The number of aryl methyl sites for hydroxylation is 1. The highest BCUT2D eigenvalue weighted by Crippen LogP contribution is 2.18. The monoisotopic (exact) mass is 248 g/mol. The normalized spacial score (nSPS) is 10.6. The molecule has 1 rings (SSSR count). The Morgan fingerprint density at radius 1 is 0.833 bits per heavy atom. The molecule has 0 N–H and O–H groups in total. The Balaban J connectivity index is 2.07. The zero-order valence-corrected chi connectivity index (χ0v) is 12.1. The molecule has 0 radical (unpaired) electrons. The third-order valence-electron chi connectivity index (χ3n) is 3.36. The maximum Gasteiger partial charge on any atom is 0.122 e. The number of para-hydroxylation sites is 1. The van der Waals surface area contributed by atoms with Crippen molar-refractivity contribution in [2.75, 3.05) is 6.61 Å². The van der Waals surface area contributed by atoms with Crippen molar-refractivity contribution in [3.8, 4) is 5.75 Å². The van der Waals surface area contributed by atoms with Gasteiger partial charge in [-0.2, -0.15) is 0 Å². The van der Waals surface area contributed by atoms with Crippen LogP contribution in [-0.2, 0) is 6.42 Å². The second-order valence-corrected chi connectivity index (χ2v) is 4.93. The van der Waals surface area contributed by atoms with Gasteiger partial charge in [0.25, 0.3) is 0 Å². The van der Waals surface area contributed by atoms with Crippen LogP contribution in [0.1, 0.15) is 64.4 Å². The Morgan fingerprint density at radius 3 is 2.22 bits per heavy atom. The van der Waals surface area contributed by atoms with Crippen LogP contribution in [0.5, 0.6) is 5.75 Å². The molecule has 0 fully saturated rings. The SMILES string of the molecule is CCCCCCCCCOc1ccccc1CC. The van der Waals surface area contributed by atoms with Gasteiger partial charge in [0, 0.05) is 0 Å². The minimum absolute atomic E-state index is 0.866. The Kier molecular flexibility index (Phi) is 8.37. The lowest BCUT2D eigenvalue weighted by Gasteiger charge is -2.09. The van der Waals surface area contributed by atoms with Crippen molar-refractivity contribution in [3.05, 3.63) is 29.8 Å². The standard InChI is InChI=1S/C17H28O/c1-3-5-6-7-8-9-12-15-18-17-14-11-10-13-16(17)4-2/h10-11,13-14H,3-9,12,15H2,1-2H3. The average molecular weight is 248 g/mol. The Hall–Kier alpha value is -0.980. The van der Waals surface area contributed by atoms with E-state index in [0.29, 0.717) is 0 Å². The first-order valence-electron chi connectivity index (χ1n) is 7.59. The van der Waals surface area contributed by atoms with Crippen LogP contribution >= 0.6 is 0 Å². The molecule has 0 spiro atoms. The molecule has 0 saturated carbocycles. The summed E-state index contributed by atoms with van der Waals surface area (Å²) in [6.45, 7) is 5.31. The molecule has 0 aliphatic carbocycles. The molecular weight excluding hydrogens is 220 g/mol. The fourth-order valence-corrected chi connectivity index (χ4v) is 2.18. The van der Waals surface area contributed by atoms with Crippen molar-refractivity contribution in [3.63, 3.8) is 0 Å². The predicted molar refractivity (Wildman–Crippen MR) is 79.3 cm³/mol. The van der Waals surface area contributed by atoms with E-state index in [1.807, 2.05) is 0 Å². The lowest BCUT2D eigenvalue weighted by Crippen LogP contribution is -1.99. The quantitative estimate of drug-likeness (QED) is 0.505. The van der Waals surface area contributed by atoms with E-state index in [9.17, 15) is 0 Å². The van der Waals surface area contributed by atoms with E-state index in [0.717, 1.165) is 18.8 Å². The van der Waals surface area contributed by atoms with Gasteiger partial charge in [-0.25, -0.2) is 0 Å². The van der Waals surface area contributed by atoms with Gasteiger partial charge in [-0.05, 0) is 24.5 Å². The smallest absolute Gasteiger partial charge is 0.122 e. The maximum atomic E-state index is 5.86. The van der Waals surface area contributed by atoms with E-state index in [1.54, 1.807) is 0 Å². The zero-order valence-electron chi connectivity index (χ0n) is 12.1. The molecule has 0 atom stereocenters. The second kappa shape index (κ2) is 9.99. The van der Waals surface area contributed by atoms with E-state index in [2.05, 4.69) is 38.1 Å². The first kappa shape index (κ1) is 15.1. The summed E-state index contributed by atoms with van der Waals surface area (Å²) in [6.07, 6.45) is 10.4. The van der Waals surface area contributed by atoms with E-state index in [1.165, 1.54) is 50.5 Å². The van der Waals surface area contributed by atoms with E-state index in [4.69, 9.17) is 4.74 Å². The third kappa shape index (κ3) is 6.09. The van der Waals surface area contributed by atoms with E-state index >= 15 is 0 Å². The Morgan fingerprint density at radius 2 is 1.50 bits per heavy atom. The van der Waals surface area contributed by atoms with E-state index < -0.39 is 0 Å². The highest BCUT2D eigenvalue weighted by molar-refractivity contribution is 5.33. The summed E-state index contributed by atoms with van der Waals surface area (Å²) >= 11 is 0. The highest BCUT2D eigenvalue weighted by atomic mass is 16.5. The molecule has 1 aromatic carbocycles. The second-order valence-electron chi connectivity index (χ2n) is 4.93. The van der Waals surface area contributed by atoms with Crippen LogP contribution in [0.2, 0.25) is 0 Å². The molecule has 0 saturated heterocycles. The number of benzene rings is 1. The first-order valence-corrected chi connectivity index (χ1v) is 7.59. The summed E-state index contributed by atoms with van der Waals surface area (Å²) in [6, 6.07) is 8.37. The van der Waals surface area contributed by atoms with Crippen molar-refractivity contribution >= 4 is 0 Å². The molecule has 1 heteroatoms. The van der Waals surface area contributed by atoms with Gasteiger partial charge < -0.3 is 4.74 Å². The molecule has 1 nitrogen and oxygen atoms in total. The number of unbranched alkanes of at least 4 members (excludes halogenated alkanes) is 6. The molecule has 18 heavy (non-hydrogen) atoms. The average Bonchev–Trinajstić information content (AvgIpc) is 2.42. The highest BCUT2D eigenvalue weighted by Gasteiger charge is 1.99. The van der Waals surface area contributed by atoms with Gasteiger partial charge in [0.1, 0.15) is 5.75 Å². The van der Waals surface area contributed by atoms with Crippen molar-refractivity contribution < 1.29 is 4.74 Å². The molecule has 0 aromatic heterocycles. The summed E-state index contributed by atoms with van der Waals surface area (Å²) in [4.78, 5) is 0. The lowest BCUT2D eigenvalue weighted by molar-refractivity contribution is 0.301.